The van der Waals surface area contributed by atoms with Crippen LogP contribution >= 0.6 is 34.8 Å². The van der Waals surface area contributed by atoms with Crippen molar-refractivity contribution in [2.45, 2.75) is 11.8 Å². The fraction of sp³-hybridized carbons (Fsp3) is 0.300. The Morgan fingerprint density at radius 3 is 2.62 bits per heavy atom. The fourth-order valence-corrected chi connectivity index (χ4v) is 2.39. The number of carbonyl (C=O) groups excluding carboxylic acids is 1. The van der Waals surface area contributed by atoms with Gasteiger partial charge in [0.2, 0.25) is 5.91 Å². The third-order valence-electron chi connectivity index (χ3n) is 2.34. The molecule has 1 atom stereocenters. The summed E-state index contributed by atoms with van der Waals surface area (Å²) in [4.78, 5) is 12.8. The van der Waals surface area contributed by atoms with Crippen molar-refractivity contribution in [3.63, 3.8) is 0 Å². The first kappa shape index (κ1) is 12.0. The number of halogens is 4. The first-order valence-corrected chi connectivity index (χ1v) is 5.77. The van der Waals surface area contributed by atoms with E-state index in [1.54, 1.807) is 0 Å². The molecule has 1 unspecified atom stereocenters. The van der Waals surface area contributed by atoms with E-state index in [4.69, 9.17) is 34.8 Å². The van der Waals surface area contributed by atoms with E-state index in [1.807, 2.05) is 0 Å². The monoisotopic (exact) mass is 281 g/mol. The van der Waals surface area contributed by atoms with E-state index < -0.39 is 5.82 Å². The normalized spacial score (nSPS) is 20.6. The van der Waals surface area contributed by atoms with Crippen molar-refractivity contribution in [3.05, 3.63) is 28.0 Å². The average molecular weight is 283 g/mol. The topological polar surface area (TPSA) is 20.3 Å². The number of rotatable bonds is 1. The van der Waals surface area contributed by atoms with Crippen molar-refractivity contribution in [2.24, 2.45) is 0 Å². The molecule has 6 heteroatoms. The zero-order valence-electron chi connectivity index (χ0n) is 8.01. The maximum absolute atomic E-state index is 13.7. The second-order valence-corrected chi connectivity index (χ2v) is 4.99. The van der Waals surface area contributed by atoms with Crippen LogP contribution in [-0.2, 0) is 4.79 Å². The summed E-state index contributed by atoms with van der Waals surface area (Å²) < 4.78 is 13.7. The van der Waals surface area contributed by atoms with Crippen LogP contribution in [0.1, 0.15) is 6.42 Å². The molecule has 1 amide bonds. The van der Waals surface area contributed by atoms with E-state index in [0.717, 1.165) is 0 Å². The molecule has 2 rings (SSSR count). The van der Waals surface area contributed by atoms with E-state index in [1.165, 1.54) is 17.0 Å². The third-order valence-corrected chi connectivity index (χ3v) is 3.13. The second-order valence-electron chi connectivity index (χ2n) is 3.53. The number of nitrogens with zero attached hydrogens (tertiary/aromatic N) is 1. The lowest BCUT2D eigenvalue weighted by Crippen LogP contribution is -2.25. The molecular weight excluding hydrogens is 275 g/mol. The molecule has 0 aromatic heterocycles. The van der Waals surface area contributed by atoms with Gasteiger partial charge < -0.3 is 4.90 Å². The molecule has 16 heavy (non-hydrogen) atoms. The number of amides is 1. The lowest BCUT2D eigenvalue weighted by Gasteiger charge is -2.17. The van der Waals surface area contributed by atoms with Gasteiger partial charge in [0.1, 0.15) is 0 Å². The minimum Gasteiger partial charge on any atom is -0.308 e. The van der Waals surface area contributed by atoms with Gasteiger partial charge in [-0.15, -0.1) is 11.6 Å². The molecule has 0 bridgehead atoms. The van der Waals surface area contributed by atoms with Gasteiger partial charge in [-0.05, 0) is 12.1 Å². The first-order chi connectivity index (χ1) is 7.49. The predicted octanol–water partition coefficient (Wildman–Crippen LogP) is 3.48. The molecule has 1 saturated heterocycles. The van der Waals surface area contributed by atoms with Crippen LogP contribution in [0.15, 0.2) is 12.1 Å². The van der Waals surface area contributed by atoms with Crippen LogP contribution < -0.4 is 4.90 Å². The summed E-state index contributed by atoms with van der Waals surface area (Å²) in [5, 5.41) is -0.120. The largest absolute Gasteiger partial charge is 0.308 e. The van der Waals surface area contributed by atoms with Gasteiger partial charge in [0.25, 0.3) is 0 Å². The molecule has 0 aliphatic carbocycles. The van der Waals surface area contributed by atoms with Crippen LogP contribution in [0, 0.1) is 5.82 Å². The molecule has 0 radical (unpaired) electrons. The summed E-state index contributed by atoms with van der Waals surface area (Å²) in [7, 11) is 0. The van der Waals surface area contributed by atoms with Crippen LogP contribution in [0.2, 0.25) is 10.0 Å². The number of anilines is 1. The highest BCUT2D eigenvalue weighted by atomic mass is 35.5. The van der Waals surface area contributed by atoms with Gasteiger partial charge in [-0.1, -0.05) is 23.2 Å². The van der Waals surface area contributed by atoms with Crippen molar-refractivity contribution < 1.29 is 9.18 Å². The molecule has 1 aromatic carbocycles. The highest BCUT2D eigenvalue weighted by Gasteiger charge is 2.31. The Bertz CT molecular complexity index is 452. The molecule has 1 aliphatic rings. The Morgan fingerprint density at radius 2 is 2.06 bits per heavy atom. The lowest BCUT2D eigenvalue weighted by atomic mass is 10.3. The van der Waals surface area contributed by atoms with Crippen LogP contribution in [-0.4, -0.2) is 17.8 Å². The van der Waals surface area contributed by atoms with Crippen molar-refractivity contribution in [1.82, 2.24) is 0 Å². The van der Waals surface area contributed by atoms with Crippen molar-refractivity contribution in [1.29, 1.82) is 0 Å². The highest BCUT2D eigenvalue weighted by Crippen LogP contribution is 2.33. The molecular formula is C10H7Cl3FNO. The molecule has 0 N–H and O–H groups in total. The molecule has 1 heterocycles. The van der Waals surface area contributed by atoms with Crippen LogP contribution in [0.4, 0.5) is 10.1 Å². The van der Waals surface area contributed by atoms with Crippen LogP contribution in [0.5, 0.6) is 0 Å². The standard InChI is InChI=1S/C10H7Cl3FNO/c11-5-1-7(13)10(14)8(2-5)15-4-6(12)3-9(15)16/h1-2,6H,3-4H2. The van der Waals surface area contributed by atoms with E-state index in [9.17, 15) is 9.18 Å². The first-order valence-electron chi connectivity index (χ1n) is 4.58. The molecule has 0 saturated carbocycles. The Morgan fingerprint density at radius 1 is 1.38 bits per heavy atom. The Labute approximate surface area is 107 Å². The van der Waals surface area contributed by atoms with Gasteiger partial charge in [0.15, 0.2) is 5.82 Å². The molecule has 1 fully saturated rings. The van der Waals surface area contributed by atoms with E-state index in [0.29, 0.717) is 0 Å². The Kier molecular flexibility index (Phi) is 3.29. The SMILES string of the molecule is O=C1CC(Cl)CN1c1cc(Cl)cc(Cl)c1F. The van der Waals surface area contributed by atoms with Gasteiger partial charge in [0, 0.05) is 18.0 Å². The van der Waals surface area contributed by atoms with Gasteiger partial charge in [-0.25, -0.2) is 4.39 Å². The number of alkyl halides is 1. The summed E-state index contributed by atoms with van der Waals surface area (Å²) in [6, 6.07) is 2.66. The summed E-state index contributed by atoms with van der Waals surface area (Å²) in [6.07, 6.45) is 0.200. The van der Waals surface area contributed by atoms with Gasteiger partial charge in [-0.2, -0.15) is 0 Å². The smallest absolute Gasteiger partial charge is 0.228 e. The molecule has 86 valence electrons. The Hall–Kier alpha value is -0.510. The zero-order valence-corrected chi connectivity index (χ0v) is 10.3. The van der Waals surface area contributed by atoms with E-state index >= 15 is 0 Å². The molecule has 1 aromatic rings. The number of hydrogen-bond acceptors (Lipinski definition) is 1. The molecule has 1 aliphatic heterocycles. The van der Waals surface area contributed by atoms with Crippen LogP contribution in [0.25, 0.3) is 0 Å². The maximum Gasteiger partial charge on any atom is 0.228 e. The minimum absolute atomic E-state index is 0.0886. The van der Waals surface area contributed by atoms with Crippen molar-refractivity contribution in [2.75, 3.05) is 11.4 Å². The van der Waals surface area contributed by atoms with Gasteiger partial charge in [0.05, 0.1) is 16.1 Å². The third kappa shape index (κ3) is 2.12. The number of benzene rings is 1. The van der Waals surface area contributed by atoms with Crippen molar-refractivity contribution in [3.8, 4) is 0 Å². The minimum atomic E-state index is -0.648. The molecule has 2 nitrogen and oxygen atoms in total. The quantitative estimate of drug-likeness (QED) is 0.570. The average Bonchev–Trinajstić information content (AvgIpc) is 2.51. The van der Waals surface area contributed by atoms with Crippen molar-refractivity contribution >= 4 is 46.4 Å². The number of hydrogen-bond donors (Lipinski definition) is 0. The molecule has 0 spiro atoms. The van der Waals surface area contributed by atoms with Crippen LogP contribution in [0.3, 0.4) is 0 Å². The summed E-state index contributed by atoms with van der Waals surface area (Å²) in [6.45, 7) is 0.272. The second kappa shape index (κ2) is 4.40. The Balaban J connectivity index is 2.44. The summed E-state index contributed by atoms with van der Waals surface area (Å²) in [5.74, 6) is -0.873. The van der Waals surface area contributed by atoms with Gasteiger partial charge in [-0.3, -0.25) is 4.79 Å². The number of carbonyl (C=O) groups is 1. The highest BCUT2D eigenvalue weighted by molar-refractivity contribution is 6.35. The fourth-order valence-electron chi connectivity index (χ4n) is 1.64. The predicted molar refractivity (Wildman–Crippen MR) is 63.0 cm³/mol. The van der Waals surface area contributed by atoms with E-state index in [-0.39, 0.29) is 40.0 Å². The van der Waals surface area contributed by atoms with Gasteiger partial charge >= 0.3 is 0 Å². The maximum atomic E-state index is 13.7. The summed E-state index contributed by atoms with van der Waals surface area (Å²) in [5.41, 5.74) is 0.0886. The summed E-state index contributed by atoms with van der Waals surface area (Å²) >= 11 is 17.2. The zero-order chi connectivity index (χ0) is 11.9. The van der Waals surface area contributed by atoms with E-state index in [2.05, 4.69) is 0 Å². The lowest BCUT2D eigenvalue weighted by molar-refractivity contribution is -0.117.